The molecule has 20 heavy (non-hydrogen) atoms. The number of amides is 2. The van der Waals surface area contributed by atoms with Gasteiger partial charge in [-0.1, -0.05) is 0 Å². The summed E-state index contributed by atoms with van der Waals surface area (Å²) in [6.45, 7) is 5.53. The quantitative estimate of drug-likeness (QED) is 0.813. The lowest BCUT2D eigenvalue weighted by Gasteiger charge is -2.19. The molecule has 2 amide bonds. The van der Waals surface area contributed by atoms with Crippen LogP contribution in [0.15, 0.2) is 18.2 Å². The number of benzene rings is 1. The molecular formula is C15H22N2O3. The van der Waals surface area contributed by atoms with E-state index in [1.807, 2.05) is 6.92 Å². The maximum atomic E-state index is 11.9. The molecular weight excluding hydrogens is 256 g/mol. The van der Waals surface area contributed by atoms with Gasteiger partial charge in [-0.3, -0.25) is 4.79 Å². The van der Waals surface area contributed by atoms with Crippen LogP contribution in [0.3, 0.4) is 0 Å². The minimum absolute atomic E-state index is 0.00873. The summed E-state index contributed by atoms with van der Waals surface area (Å²) in [5.41, 5.74) is 2.15. The van der Waals surface area contributed by atoms with Crippen molar-refractivity contribution in [3.63, 3.8) is 0 Å². The van der Waals surface area contributed by atoms with Gasteiger partial charge in [-0.05, 0) is 51.0 Å². The number of rotatable bonds is 5. The molecule has 1 unspecified atom stereocenters. The van der Waals surface area contributed by atoms with Crippen molar-refractivity contribution in [2.45, 2.75) is 33.3 Å². The van der Waals surface area contributed by atoms with Crippen LogP contribution in [0, 0.1) is 6.92 Å². The van der Waals surface area contributed by atoms with Gasteiger partial charge in [0, 0.05) is 24.8 Å². The van der Waals surface area contributed by atoms with E-state index in [4.69, 9.17) is 0 Å². The highest BCUT2D eigenvalue weighted by Crippen LogP contribution is 2.16. The summed E-state index contributed by atoms with van der Waals surface area (Å²) >= 11 is 0. The highest BCUT2D eigenvalue weighted by Gasteiger charge is 2.11. The molecule has 0 aliphatic carbocycles. The first-order valence-corrected chi connectivity index (χ1v) is 6.63. The molecule has 0 heterocycles. The van der Waals surface area contributed by atoms with Crippen molar-refractivity contribution >= 4 is 17.5 Å². The van der Waals surface area contributed by atoms with Crippen molar-refractivity contribution < 1.29 is 14.7 Å². The van der Waals surface area contributed by atoms with E-state index in [9.17, 15) is 14.7 Å². The normalized spacial score (nSPS) is 11.8. The second-order valence-corrected chi connectivity index (χ2v) is 5.08. The van der Waals surface area contributed by atoms with Crippen molar-refractivity contribution in [3.05, 3.63) is 29.3 Å². The second kappa shape index (κ2) is 7.05. The number of hydrogen-bond donors (Lipinski definition) is 2. The smallest absolute Gasteiger partial charge is 0.321 e. The van der Waals surface area contributed by atoms with Crippen LogP contribution in [0.25, 0.3) is 0 Å². The molecule has 2 N–H and O–H groups in total. The first kappa shape index (κ1) is 16.2. The molecule has 0 saturated heterocycles. The third kappa shape index (κ3) is 4.66. The molecule has 0 aliphatic rings. The van der Waals surface area contributed by atoms with Crippen LogP contribution in [0.4, 0.5) is 10.5 Å². The summed E-state index contributed by atoms with van der Waals surface area (Å²) in [6.07, 6.45) is 0.106. The van der Waals surface area contributed by atoms with E-state index in [1.54, 1.807) is 32.2 Å². The average molecular weight is 278 g/mol. The zero-order valence-electron chi connectivity index (χ0n) is 12.4. The molecule has 5 heteroatoms. The lowest BCUT2D eigenvalue weighted by molar-refractivity contribution is 0.101. The number of anilines is 1. The summed E-state index contributed by atoms with van der Waals surface area (Å²) in [6, 6.07) is 4.96. The minimum atomic E-state index is -0.428. The molecule has 0 saturated carbocycles. The van der Waals surface area contributed by atoms with Crippen LogP contribution in [0.2, 0.25) is 0 Å². The molecule has 1 rings (SSSR count). The van der Waals surface area contributed by atoms with Crippen LogP contribution >= 0.6 is 0 Å². The van der Waals surface area contributed by atoms with Gasteiger partial charge in [0.25, 0.3) is 0 Å². The van der Waals surface area contributed by atoms with Gasteiger partial charge in [-0.15, -0.1) is 0 Å². The Labute approximate surface area is 119 Å². The Morgan fingerprint density at radius 1 is 1.40 bits per heavy atom. The van der Waals surface area contributed by atoms with E-state index in [0.29, 0.717) is 24.2 Å². The molecule has 0 radical (unpaired) electrons. The van der Waals surface area contributed by atoms with Crippen molar-refractivity contribution in [2.24, 2.45) is 0 Å². The lowest BCUT2D eigenvalue weighted by atomic mass is 10.1. The molecule has 1 atom stereocenters. The number of Topliss-reactive ketones (excluding diaryl/α,β-unsaturated/α-hetero) is 1. The number of carbonyl (C=O) groups excluding carboxylic acids is 2. The fourth-order valence-electron chi connectivity index (χ4n) is 1.84. The SMILES string of the molecule is CC(=O)c1ccc(NC(=O)N(C)CCC(C)O)cc1C. The van der Waals surface area contributed by atoms with Crippen molar-refractivity contribution in [1.82, 2.24) is 4.90 Å². The average Bonchev–Trinajstić information content (AvgIpc) is 2.35. The molecule has 0 bridgehead atoms. The largest absolute Gasteiger partial charge is 0.393 e. The Bertz CT molecular complexity index is 498. The van der Waals surface area contributed by atoms with Gasteiger partial charge < -0.3 is 15.3 Å². The van der Waals surface area contributed by atoms with E-state index < -0.39 is 6.10 Å². The summed E-state index contributed by atoms with van der Waals surface area (Å²) in [5, 5.41) is 12.0. The summed E-state index contributed by atoms with van der Waals surface area (Å²) in [5.74, 6) is 0.00873. The van der Waals surface area contributed by atoms with Gasteiger partial charge in [0.1, 0.15) is 0 Å². The van der Waals surface area contributed by atoms with E-state index in [1.165, 1.54) is 11.8 Å². The van der Waals surface area contributed by atoms with E-state index in [2.05, 4.69) is 5.32 Å². The molecule has 110 valence electrons. The Balaban J connectivity index is 2.66. The zero-order chi connectivity index (χ0) is 15.3. The number of nitrogens with zero attached hydrogens (tertiary/aromatic N) is 1. The lowest BCUT2D eigenvalue weighted by Crippen LogP contribution is -2.33. The third-order valence-electron chi connectivity index (χ3n) is 3.09. The number of ketones is 1. The number of aryl methyl sites for hydroxylation is 1. The first-order chi connectivity index (χ1) is 9.31. The van der Waals surface area contributed by atoms with Gasteiger partial charge in [-0.2, -0.15) is 0 Å². The van der Waals surface area contributed by atoms with Crippen LogP contribution < -0.4 is 5.32 Å². The number of aliphatic hydroxyl groups is 1. The van der Waals surface area contributed by atoms with E-state index >= 15 is 0 Å². The second-order valence-electron chi connectivity index (χ2n) is 5.08. The van der Waals surface area contributed by atoms with Gasteiger partial charge in [0.05, 0.1) is 6.10 Å². The Hall–Kier alpha value is -1.88. The van der Waals surface area contributed by atoms with Gasteiger partial charge in [0.15, 0.2) is 5.78 Å². The number of hydrogen-bond acceptors (Lipinski definition) is 3. The first-order valence-electron chi connectivity index (χ1n) is 6.63. The molecule has 1 aromatic rings. The molecule has 0 fully saturated rings. The highest BCUT2D eigenvalue weighted by atomic mass is 16.3. The number of aliphatic hydroxyl groups excluding tert-OH is 1. The molecule has 0 aliphatic heterocycles. The molecule has 0 spiro atoms. The Morgan fingerprint density at radius 2 is 2.05 bits per heavy atom. The van der Waals surface area contributed by atoms with Gasteiger partial charge in [0.2, 0.25) is 0 Å². The van der Waals surface area contributed by atoms with Crippen molar-refractivity contribution in [2.75, 3.05) is 18.9 Å². The predicted molar refractivity (Wildman–Crippen MR) is 79.1 cm³/mol. The minimum Gasteiger partial charge on any atom is -0.393 e. The number of carbonyl (C=O) groups is 2. The van der Waals surface area contributed by atoms with E-state index in [0.717, 1.165) is 5.56 Å². The van der Waals surface area contributed by atoms with E-state index in [-0.39, 0.29) is 11.8 Å². The van der Waals surface area contributed by atoms with Gasteiger partial charge >= 0.3 is 6.03 Å². The summed E-state index contributed by atoms with van der Waals surface area (Å²) < 4.78 is 0. The van der Waals surface area contributed by atoms with Crippen LogP contribution in [0.1, 0.15) is 36.2 Å². The maximum absolute atomic E-state index is 11.9. The number of urea groups is 1. The Morgan fingerprint density at radius 3 is 2.55 bits per heavy atom. The monoisotopic (exact) mass is 278 g/mol. The van der Waals surface area contributed by atoms with Crippen LogP contribution in [-0.2, 0) is 0 Å². The third-order valence-corrected chi connectivity index (χ3v) is 3.09. The fraction of sp³-hybridized carbons (Fsp3) is 0.467. The maximum Gasteiger partial charge on any atom is 0.321 e. The molecule has 5 nitrogen and oxygen atoms in total. The highest BCUT2D eigenvalue weighted by molar-refractivity contribution is 5.96. The van der Waals surface area contributed by atoms with Gasteiger partial charge in [-0.25, -0.2) is 4.79 Å². The van der Waals surface area contributed by atoms with Crippen LogP contribution in [0.5, 0.6) is 0 Å². The predicted octanol–water partition coefficient (Wildman–Crippen LogP) is 2.43. The standard InChI is InChI=1S/C15H22N2O3/c1-10-9-13(5-6-14(10)12(3)19)16-15(20)17(4)8-7-11(2)18/h5-6,9,11,18H,7-8H2,1-4H3,(H,16,20). The zero-order valence-corrected chi connectivity index (χ0v) is 12.4. The summed E-state index contributed by atoms with van der Waals surface area (Å²) in [7, 11) is 1.68. The summed E-state index contributed by atoms with van der Waals surface area (Å²) in [4.78, 5) is 24.8. The van der Waals surface area contributed by atoms with Crippen molar-refractivity contribution in [1.29, 1.82) is 0 Å². The van der Waals surface area contributed by atoms with Crippen molar-refractivity contribution in [3.8, 4) is 0 Å². The van der Waals surface area contributed by atoms with Crippen LogP contribution in [-0.4, -0.2) is 41.5 Å². The topological polar surface area (TPSA) is 69.6 Å². The Kier molecular flexibility index (Phi) is 5.70. The fourth-order valence-corrected chi connectivity index (χ4v) is 1.84. The molecule has 1 aromatic carbocycles. The molecule has 0 aromatic heterocycles. The number of nitrogens with one attached hydrogen (secondary N) is 1.